The Morgan fingerprint density at radius 1 is 1.15 bits per heavy atom. The molecule has 3 rings (SSSR count). The van der Waals surface area contributed by atoms with Crippen LogP contribution in [0.3, 0.4) is 0 Å². The summed E-state index contributed by atoms with van der Waals surface area (Å²) < 4.78 is 5.48. The monoisotopic (exact) mass is 267 g/mol. The second kappa shape index (κ2) is 4.93. The van der Waals surface area contributed by atoms with E-state index in [1.807, 2.05) is 0 Å². The Morgan fingerprint density at radius 2 is 2.00 bits per heavy atom. The van der Waals surface area contributed by atoms with Crippen molar-refractivity contribution in [2.24, 2.45) is 0 Å². The summed E-state index contributed by atoms with van der Waals surface area (Å²) in [5.74, 6) is -0.665. The van der Waals surface area contributed by atoms with Crippen molar-refractivity contribution in [2.75, 3.05) is 0 Å². The van der Waals surface area contributed by atoms with E-state index in [9.17, 15) is 9.90 Å². The zero-order valence-electron chi connectivity index (χ0n) is 10.2. The van der Waals surface area contributed by atoms with Crippen LogP contribution in [-0.2, 0) is 0 Å². The summed E-state index contributed by atoms with van der Waals surface area (Å²) in [6, 6.07) is 8.53. The maximum absolute atomic E-state index is 11.5. The van der Waals surface area contributed by atoms with Gasteiger partial charge in [-0.2, -0.15) is 0 Å². The summed E-state index contributed by atoms with van der Waals surface area (Å²) in [7, 11) is 0. The molecule has 0 atom stereocenters. The van der Waals surface area contributed by atoms with E-state index < -0.39 is 5.97 Å². The first-order valence-corrected chi connectivity index (χ1v) is 5.80. The Balaban J connectivity index is 2.15. The number of benzene rings is 1. The average molecular weight is 267 g/mol. The molecule has 0 aliphatic rings. The van der Waals surface area contributed by atoms with Crippen LogP contribution in [-0.4, -0.2) is 26.0 Å². The molecule has 98 valence electrons. The van der Waals surface area contributed by atoms with E-state index in [4.69, 9.17) is 4.74 Å². The number of ether oxygens (including phenoxy) is 1. The van der Waals surface area contributed by atoms with Crippen molar-refractivity contribution in [2.45, 2.75) is 0 Å². The highest BCUT2D eigenvalue weighted by Crippen LogP contribution is 2.29. The van der Waals surface area contributed by atoms with Gasteiger partial charge in [0.1, 0.15) is 11.9 Å². The van der Waals surface area contributed by atoms with E-state index >= 15 is 0 Å². The predicted molar refractivity (Wildman–Crippen MR) is 70.8 cm³/mol. The first-order valence-electron chi connectivity index (χ1n) is 5.80. The highest BCUT2D eigenvalue weighted by Gasteiger charge is 2.17. The quantitative estimate of drug-likeness (QED) is 0.784. The van der Waals surface area contributed by atoms with Gasteiger partial charge in [0.15, 0.2) is 5.75 Å². The fraction of sp³-hybridized carbons (Fsp3) is 0. The number of para-hydroxylation sites is 1. The molecule has 1 aromatic carbocycles. The van der Waals surface area contributed by atoms with E-state index in [0.29, 0.717) is 10.9 Å². The molecule has 0 unspecified atom stereocenters. The van der Waals surface area contributed by atoms with E-state index in [0.717, 1.165) is 0 Å². The van der Waals surface area contributed by atoms with Gasteiger partial charge in [-0.25, -0.2) is 14.8 Å². The van der Waals surface area contributed by atoms with Crippen molar-refractivity contribution in [1.82, 2.24) is 15.0 Å². The third-order valence-electron chi connectivity index (χ3n) is 2.72. The molecule has 0 aliphatic heterocycles. The molecule has 2 heterocycles. The van der Waals surface area contributed by atoms with Crippen molar-refractivity contribution < 1.29 is 14.6 Å². The lowest BCUT2D eigenvalue weighted by molar-refractivity contribution is 0.0696. The van der Waals surface area contributed by atoms with Crippen LogP contribution in [0.4, 0.5) is 0 Å². The zero-order chi connectivity index (χ0) is 13.9. The second-order valence-corrected chi connectivity index (χ2v) is 3.97. The van der Waals surface area contributed by atoms with E-state index in [1.54, 1.807) is 30.3 Å². The minimum Gasteiger partial charge on any atom is -0.478 e. The van der Waals surface area contributed by atoms with Gasteiger partial charge in [0.2, 0.25) is 5.88 Å². The third-order valence-corrected chi connectivity index (χ3v) is 2.72. The number of rotatable bonds is 3. The SMILES string of the molecule is O=C(O)c1c(Oc2ccncn2)cnc2ccccc12. The molecule has 2 aromatic heterocycles. The fourth-order valence-electron chi connectivity index (χ4n) is 1.87. The largest absolute Gasteiger partial charge is 0.478 e. The molecule has 0 saturated carbocycles. The molecular weight excluding hydrogens is 258 g/mol. The van der Waals surface area contributed by atoms with Crippen molar-refractivity contribution in [1.29, 1.82) is 0 Å². The van der Waals surface area contributed by atoms with Crippen LogP contribution in [0.2, 0.25) is 0 Å². The zero-order valence-corrected chi connectivity index (χ0v) is 10.2. The topological polar surface area (TPSA) is 85.2 Å². The minimum absolute atomic E-state index is 0.0641. The molecule has 0 fully saturated rings. The van der Waals surface area contributed by atoms with Gasteiger partial charge in [0.05, 0.1) is 11.7 Å². The van der Waals surface area contributed by atoms with Crippen molar-refractivity contribution >= 4 is 16.9 Å². The first kappa shape index (κ1) is 12.0. The van der Waals surface area contributed by atoms with E-state index in [2.05, 4.69) is 15.0 Å². The Bertz CT molecular complexity index is 775. The predicted octanol–water partition coefficient (Wildman–Crippen LogP) is 2.52. The smallest absolute Gasteiger partial charge is 0.340 e. The number of carboxylic acids is 1. The van der Waals surface area contributed by atoms with Crippen molar-refractivity contribution in [3.05, 3.63) is 54.6 Å². The summed E-state index contributed by atoms with van der Waals surface area (Å²) in [6.07, 6.45) is 4.22. The lowest BCUT2D eigenvalue weighted by atomic mass is 10.1. The summed E-state index contributed by atoms with van der Waals surface area (Å²) in [5, 5.41) is 9.92. The maximum Gasteiger partial charge on any atom is 0.340 e. The average Bonchev–Trinajstić information content (AvgIpc) is 2.47. The summed E-state index contributed by atoms with van der Waals surface area (Å²) in [5.41, 5.74) is 0.661. The minimum atomic E-state index is -1.08. The van der Waals surface area contributed by atoms with Crippen LogP contribution in [0.25, 0.3) is 10.9 Å². The number of carbonyl (C=O) groups is 1. The van der Waals surface area contributed by atoms with Crippen LogP contribution in [0.1, 0.15) is 10.4 Å². The van der Waals surface area contributed by atoms with Gasteiger partial charge in [-0.15, -0.1) is 0 Å². The van der Waals surface area contributed by atoms with Crippen LogP contribution in [0.15, 0.2) is 49.1 Å². The number of hydrogen-bond acceptors (Lipinski definition) is 5. The first-order chi connectivity index (χ1) is 9.75. The highest BCUT2D eigenvalue weighted by atomic mass is 16.5. The van der Waals surface area contributed by atoms with Crippen LogP contribution < -0.4 is 4.74 Å². The molecule has 0 spiro atoms. The number of fused-ring (bicyclic) bond motifs is 1. The summed E-state index contributed by atoms with van der Waals surface area (Å²) >= 11 is 0. The Morgan fingerprint density at radius 3 is 2.75 bits per heavy atom. The van der Waals surface area contributed by atoms with Crippen LogP contribution in [0, 0.1) is 0 Å². The molecule has 6 nitrogen and oxygen atoms in total. The molecule has 3 aromatic rings. The number of aromatic nitrogens is 3. The second-order valence-electron chi connectivity index (χ2n) is 3.97. The molecule has 0 saturated heterocycles. The molecule has 0 aliphatic carbocycles. The lowest BCUT2D eigenvalue weighted by Gasteiger charge is -2.09. The van der Waals surface area contributed by atoms with Gasteiger partial charge in [-0.05, 0) is 6.07 Å². The molecule has 6 heteroatoms. The van der Waals surface area contributed by atoms with Gasteiger partial charge >= 0.3 is 5.97 Å². The van der Waals surface area contributed by atoms with Crippen LogP contribution >= 0.6 is 0 Å². The molecule has 1 N–H and O–H groups in total. The van der Waals surface area contributed by atoms with Gasteiger partial charge in [-0.3, -0.25) is 4.98 Å². The number of hydrogen-bond donors (Lipinski definition) is 1. The van der Waals surface area contributed by atoms with Gasteiger partial charge in [0.25, 0.3) is 0 Å². The summed E-state index contributed by atoms with van der Waals surface area (Å²) in [6.45, 7) is 0. The molecule has 20 heavy (non-hydrogen) atoms. The Kier molecular flexibility index (Phi) is 2.96. The number of carboxylic acid groups (broad SMARTS) is 1. The van der Waals surface area contributed by atoms with Crippen molar-refractivity contribution in [3.63, 3.8) is 0 Å². The number of pyridine rings is 1. The van der Waals surface area contributed by atoms with E-state index in [-0.39, 0.29) is 17.2 Å². The van der Waals surface area contributed by atoms with Crippen molar-refractivity contribution in [3.8, 4) is 11.6 Å². The number of nitrogens with zero attached hydrogens (tertiary/aromatic N) is 3. The van der Waals surface area contributed by atoms with Crippen LogP contribution in [0.5, 0.6) is 11.6 Å². The fourth-order valence-corrected chi connectivity index (χ4v) is 1.87. The normalized spacial score (nSPS) is 10.4. The third kappa shape index (κ3) is 2.14. The van der Waals surface area contributed by atoms with Gasteiger partial charge in [0, 0.05) is 17.6 Å². The Hall–Kier alpha value is -3.02. The highest BCUT2D eigenvalue weighted by molar-refractivity contribution is 6.04. The number of aromatic carboxylic acids is 1. The standard InChI is InChI=1S/C14H9N3O3/c18-14(19)13-9-3-1-2-4-10(9)16-7-11(13)20-12-5-6-15-8-17-12/h1-8H,(H,18,19). The van der Waals surface area contributed by atoms with Gasteiger partial charge in [-0.1, -0.05) is 18.2 Å². The molecule has 0 radical (unpaired) electrons. The summed E-state index contributed by atoms with van der Waals surface area (Å²) in [4.78, 5) is 23.3. The van der Waals surface area contributed by atoms with E-state index in [1.165, 1.54) is 18.7 Å². The Labute approximate surface area is 113 Å². The molecule has 0 amide bonds. The lowest BCUT2D eigenvalue weighted by Crippen LogP contribution is -2.03. The van der Waals surface area contributed by atoms with Gasteiger partial charge < -0.3 is 9.84 Å². The maximum atomic E-state index is 11.5. The molecule has 0 bridgehead atoms. The molecular formula is C14H9N3O3.